The standard InChI is InChI=1S/C20H17FN2O2/c21-15-6-7-18-16(12-15)17(20(24)23-8-10-25-11-9-23)13-19(22-18)14-4-2-1-3-5-14/h1-7,12-13H,8-11H2. The van der Waals surface area contributed by atoms with Crippen LogP contribution in [-0.4, -0.2) is 42.1 Å². The van der Waals surface area contributed by atoms with Crippen molar-refractivity contribution in [2.75, 3.05) is 26.3 Å². The number of ether oxygens (including phenoxy) is 1. The third kappa shape index (κ3) is 3.10. The molecule has 0 saturated carbocycles. The summed E-state index contributed by atoms with van der Waals surface area (Å²) in [6.45, 7) is 2.13. The van der Waals surface area contributed by atoms with Gasteiger partial charge in [-0.2, -0.15) is 0 Å². The quantitative estimate of drug-likeness (QED) is 0.719. The van der Waals surface area contributed by atoms with Gasteiger partial charge in [-0.3, -0.25) is 4.79 Å². The van der Waals surface area contributed by atoms with Gasteiger partial charge in [0.15, 0.2) is 0 Å². The van der Waals surface area contributed by atoms with Gasteiger partial charge in [-0.1, -0.05) is 30.3 Å². The van der Waals surface area contributed by atoms with E-state index in [2.05, 4.69) is 4.98 Å². The normalized spacial score (nSPS) is 14.7. The number of aromatic nitrogens is 1. The number of halogens is 1. The minimum Gasteiger partial charge on any atom is -0.378 e. The molecule has 2 aromatic carbocycles. The van der Waals surface area contributed by atoms with Gasteiger partial charge in [-0.25, -0.2) is 9.37 Å². The van der Waals surface area contributed by atoms with Gasteiger partial charge in [-0.15, -0.1) is 0 Å². The van der Waals surface area contributed by atoms with Crippen molar-refractivity contribution < 1.29 is 13.9 Å². The van der Waals surface area contributed by atoms with E-state index in [9.17, 15) is 9.18 Å². The summed E-state index contributed by atoms with van der Waals surface area (Å²) in [6.07, 6.45) is 0. The van der Waals surface area contributed by atoms with E-state index in [0.29, 0.717) is 48.5 Å². The molecule has 1 fully saturated rings. The van der Waals surface area contributed by atoms with Crippen LogP contribution in [0.2, 0.25) is 0 Å². The number of pyridine rings is 1. The Morgan fingerprint density at radius 2 is 1.80 bits per heavy atom. The van der Waals surface area contributed by atoms with Crippen LogP contribution in [-0.2, 0) is 4.74 Å². The van der Waals surface area contributed by atoms with Crippen LogP contribution in [0.25, 0.3) is 22.2 Å². The van der Waals surface area contributed by atoms with Crippen LogP contribution >= 0.6 is 0 Å². The van der Waals surface area contributed by atoms with Crippen LogP contribution in [0.5, 0.6) is 0 Å². The highest BCUT2D eigenvalue weighted by Crippen LogP contribution is 2.26. The minimum absolute atomic E-state index is 0.113. The average molecular weight is 336 g/mol. The molecule has 1 saturated heterocycles. The van der Waals surface area contributed by atoms with E-state index in [1.54, 1.807) is 17.0 Å². The number of morpholine rings is 1. The molecule has 0 N–H and O–H groups in total. The maximum atomic E-state index is 13.8. The lowest BCUT2D eigenvalue weighted by molar-refractivity contribution is 0.0304. The summed E-state index contributed by atoms with van der Waals surface area (Å²) in [5, 5.41) is 0.538. The molecule has 3 aromatic rings. The molecule has 4 nitrogen and oxygen atoms in total. The van der Waals surface area contributed by atoms with Crippen molar-refractivity contribution in [3.63, 3.8) is 0 Å². The number of nitrogens with zero attached hydrogens (tertiary/aromatic N) is 2. The fourth-order valence-corrected chi connectivity index (χ4v) is 3.07. The number of fused-ring (bicyclic) bond motifs is 1. The molecular formula is C20H17FN2O2. The Kier molecular flexibility index (Phi) is 4.15. The molecular weight excluding hydrogens is 319 g/mol. The summed E-state index contributed by atoms with van der Waals surface area (Å²) in [4.78, 5) is 19.4. The van der Waals surface area contributed by atoms with Gasteiger partial charge in [-0.05, 0) is 24.3 Å². The van der Waals surface area contributed by atoms with E-state index in [4.69, 9.17) is 4.74 Å². The second kappa shape index (κ2) is 6.61. The van der Waals surface area contributed by atoms with E-state index in [1.165, 1.54) is 12.1 Å². The predicted molar refractivity (Wildman–Crippen MR) is 93.9 cm³/mol. The SMILES string of the molecule is O=C(c1cc(-c2ccccc2)nc2ccc(F)cc12)N1CCOCC1. The van der Waals surface area contributed by atoms with Crippen molar-refractivity contribution in [3.05, 3.63) is 66.0 Å². The smallest absolute Gasteiger partial charge is 0.254 e. The van der Waals surface area contributed by atoms with Gasteiger partial charge < -0.3 is 9.64 Å². The molecule has 25 heavy (non-hydrogen) atoms. The van der Waals surface area contributed by atoms with Crippen molar-refractivity contribution >= 4 is 16.8 Å². The Bertz CT molecular complexity index is 922. The second-order valence-electron chi connectivity index (χ2n) is 5.99. The fraction of sp³-hybridized carbons (Fsp3) is 0.200. The fourth-order valence-electron chi connectivity index (χ4n) is 3.07. The first-order chi connectivity index (χ1) is 12.2. The molecule has 1 amide bonds. The highest BCUT2D eigenvalue weighted by Gasteiger charge is 2.22. The monoisotopic (exact) mass is 336 g/mol. The highest BCUT2D eigenvalue weighted by molar-refractivity contribution is 6.07. The van der Waals surface area contributed by atoms with Crippen molar-refractivity contribution in [1.29, 1.82) is 0 Å². The van der Waals surface area contributed by atoms with Crippen molar-refractivity contribution in [1.82, 2.24) is 9.88 Å². The molecule has 0 aliphatic carbocycles. The third-order valence-electron chi connectivity index (χ3n) is 4.37. The summed E-state index contributed by atoms with van der Waals surface area (Å²) >= 11 is 0. The maximum Gasteiger partial charge on any atom is 0.254 e. The first-order valence-electron chi connectivity index (χ1n) is 8.25. The van der Waals surface area contributed by atoms with E-state index in [0.717, 1.165) is 5.56 Å². The summed E-state index contributed by atoms with van der Waals surface area (Å²) < 4.78 is 19.1. The van der Waals surface area contributed by atoms with Crippen molar-refractivity contribution in [3.8, 4) is 11.3 Å². The molecule has 0 spiro atoms. The molecule has 0 radical (unpaired) electrons. The summed E-state index contributed by atoms with van der Waals surface area (Å²) in [5.74, 6) is -0.490. The number of benzene rings is 2. The van der Waals surface area contributed by atoms with E-state index < -0.39 is 0 Å². The molecule has 2 heterocycles. The summed E-state index contributed by atoms with van der Waals surface area (Å²) in [5.41, 5.74) is 2.71. The predicted octanol–water partition coefficient (Wildman–Crippen LogP) is 3.51. The lowest BCUT2D eigenvalue weighted by Gasteiger charge is -2.27. The highest BCUT2D eigenvalue weighted by atomic mass is 19.1. The van der Waals surface area contributed by atoms with E-state index in [1.807, 2.05) is 30.3 Å². The summed E-state index contributed by atoms with van der Waals surface area (Å²) in [6, 6.07) is 15.8. The molecule has 5 heteroatoms. The van der Waals surface area contributed by atoms with Gasteiger partial charge in [0.2, 0.25) is 0 Å². The number of hydrogen-bond donors (Lipinski definition) is 0. The number of carbonyl (C=O) groups excluding carboxylic acids is 1. The zero-order valence-electron chi connectivity index (χ0n) is 13.6. The zero-order valence-corrected chi connectivity index (χ0v) is 13.6. The van der Waals surface area contributed by atoms with Crippen LogP contribution in [0.15, 0.2) is 54.6 Å². The van der Waals surface area contributed by atoms with Gasteiger partial charge in [0.1, 0.15) is 5.82 Å². The average Bonchev–Trinajstić information content (AvgIpc) is 2.68. The molecule has 1 aliphatic heterocycles. The second-order valence-corrected chi connectivity index (χ2v) is 5.99. The number of rotatable bonds is 2. The molecule has 0 atom stereocenters. The number of amides is 1. The number of hydrogen-bond acceptors (Lipinski definition) is 3. The van der Waals surface area contributed by atoms with Gasteiger partial charge in [0.25, 0.3) is 5.91 Å². The molecule has 4 rings (SSSR count). The first kappa shape index (κ1) is 15.7. The van der Waals surface area contributed by atoms with Gasteiger partial charge in [0, 0.05) is 24.0 Å². The van der Waals surface area contributed by atoms with Gasteiger partial charge in [0.05, 0.1) is 30.0 Å². The maximum absolute atomic E-state index is 13.8. The molecule has 1 aromatic heterocycles. The largest absolute Gasteiger partial charge is 0.378 e. The molecule has 0 unspecified atom stereocenters. The van der Waals surface area contributed by atoms with E-state index >= 15 is 0 Å². The van der Waals surface area contributed by atoms with Crippen LogP contribution in [0.1, 0.15) is 10.4 Å². The van der Waals surface area contributed by atoms with Crippen molar-refractivity contribution in [2.24, 2.45) is 0 Å². The first-order valence-corrected chi connectivity index (χ1v) is 8.25. The van der Waals surface area contributed by atoms with Crippen molar-refractivity contribution in [2.45, 2.75) is 0 Å². The Balaban J connectivity index is 1.87. The van der Waals surface area contributed by atoms with E-state index in [-0.39, 0.29) is 11.7 Å². The van der Waals surface area contributed by atoms with Crippen LogP contribution in [0, 0.1) is 5.82 Å². The van der Waals surface area contributed by atoms with Crippen LogP contribution in [0.4, 0.5) is 4.39 Å². The summed E-state index contributed by atoms with van der Waals surface area (Å²) in [7, 11) is 0. The van der Waals surface area contributed by atoms with Crippen LogP contribution in [0.3, 0.4) is 0 Å². The Hall–Kier alpha value is -2.79. The lowest BCUT2D eigenvalue weighted by Crippen LogP contribution is -2.40. The molecule has 1 aliphatic rings. The Morgan fingerprint density at radius 3 is 2.56 bits per heavy atom. The van der Waals surface area contributed by atoms with Crippen LogP contribution < -0.4 is 0 Å². The van der Waals surface area contributed by atoms with Gasteiger partial charge >= 0.3 is 0 Å². The molecule has 0 bridgehead atoms. The Morgan fingerprint density at radius 1 is 1.04 bits per heavy atom. The zero-order chi connectivity index (χ0) is 17.2. The number of carbonyl (C=O) groups is 1. The third-order valence-corrected chi connectivity index (χ3v) is 4.37. The molecule has 126 valence electrons. The minimum atomic E-state index is -0.377. The lowest BCUT2D eigenvalue weighted by atomic mass is 10.0. The topological polar surface area (TPSA) is 42.4 Å². The Labute approximate surface area is 144 Å².